The molecule has 0 aliphatic rings. The lowest BCUT2D eigenvalue weighted by Crippen LogP contribution is -2.20. The van der Waals surface area contributed by atoms with Gasteiger partial charge in [0.2, 0.25) is 17.2 Å². The molecule has 94 valence electrons. The molecule has 0 amide bonds. The molecule has 0 bridgehead atoms. The van der Waals surface area contributed by atoms with Gasteiger partial charge in [-0.25, -0.2) is 4.39 Å². The molecule has 0 unspecified atom stereocenters. The molecule has 0 spiro atoms. The third kappa shape index (κ3) is 2.65. The van der Waals surface area contributed by atoms with Gasteiger partial charge >= 0.3 is 0 Å². The molecule has 0 saturated heterocycles. The van der Waals surface area contributed by atoms with E-state index in [0.717, 1.165) is 0 Å². The van der Waals surface area contributed by atoms with Crippen LogP contribution in [0.3, 0.4) is 0 Å². The monoisotopic (exact) mass is 267 g/mol. The SMILES string of the molecule is CCN(c1cccc(F)c1)c1nc(N)nc(Cl)n1. The van der Waals surface area contributed by atoms with E-state index in [-0.39, 0.29) is 17.0 Å². The second kappa shape index (κ2) is 5.14. The first-order chi connectivity index (χ1) is 8.60. The highest BCUT2D eigenvalue weighted by Gasteiger charge is 2.13. The molecule has 0 saturated carbocycles. The van der Waals surface area contributed by atoms with Gasteiger partial charge in [0.1, 0.15) is 5.82 Å². The number of benzene rings is 1. The molecule has 0 atom stereocenters. The quantitative estimate of drug-likeness (QED) is 0.925. The number of anilines is 3. The molecule has 1 heterocycles. The van der Waals surface area contributed by atoms with E-state index in [1.165, 1.54) is 12.1 Å². The minimum atomic E-state index is -0.334. The molecule has 18 heavy (non-hydrogen) atoms. The van der Waals surface area contributed by atoms with Crippen molar-refractivity contribution in [3.63, 3.8) is 0 Å². The van der Waals surface area contributed by atoms with Crippen LogP contribution in [0.2, 0.25) is 5.28 Å². The highest BCUT2D eigenvalue weighted by Crippen LogP contribution is 2.23. The minimum Gasteiger partial charge on any atom is -0.368 e. The van der Waals surface area contributed by atoms with E-state index in [2.05, 4.69) is 15.0 Å². The van der Waals surface area contributed by atoms with Gasteiger partial charge in [-0.1, -0.05) is 6.07 Å². The Morgan fingerprint density at radius 3 is 2.72 bits per heavy atom. The van der Waals surface area contributed by atoms with Gasteiger partial charge in [0, 0.05) is 12.2 Å². The molecular formula is C11H11ClFN5. The molecule has 2 rings (SSSR count). The van der Waals surface area contributed by atoms with Crippen LogP contribution in [0.1, 0.15) is 6.92 Å². The summed E-state index contributed by atoms with van der Waals surface area (Å²) in [6.45, 7) is 2.43. The molecule has 0 fully saturated rings. The molecule has 7 heteroatoms. The molecular weight excluding hydrogens is 257 g/mol. The third-order valence-corrected chi connectivity index (χ3v) is 2.46. The predicted molar refractivity (Wildman–Crippen MR) is 68.3 cm³/mol. The van der Waals surface area contributed by atoms with Crippen LogP contribution in [-0.2, 0) is 0 Å². The fourth-order valence-electron chi connectivity index (χ4n) is 1.56. The maximum Gasteiger partial charge on any atom is 0.236 e. The van der Waals surface area contributed by atoms with Crippen molar-refractivity contribution in [3.05, 3.63) is 35.4 Å². The van der Waals surface area contributed by atoms with Crippen LogP contribution in [0.25, 0.3) is 0 Å². The van der Waals surface area contributed by atoms with Crippen molar-refractivity contribution in [1.29, 1.82) is 0 Å². The van der Waals surface area contributed by atoms with Crippen molar-refractivity contribution in [2.24, 2.45) is 0 Å². The van der Waals surface area contributed by atoms with Gasteiger partial charge in [0.25, 0.3) is 0 Å². The molecule has 5 nitrogen and oxygen atoms in total. The normalized spacial score (nSPS) is 10.4. The van der Waals surface area contributed by atoms with Crippen LogP contribution in [0.4, 0.5) is 22.0 Å². The van der Waals surface area contributed by atoms with Crippen LogP contribution in [-0.4, -0.2) is 21.5 Å². The van der Waals surface area contributed by atoms with Crippen LogP contribution < -0.4 is 10.6 Å². The van der Waals surface area contributed by atoms with E-state index >= 15 is 0 Å². The number of nitrogens with two attached hydrogens (primary N) is 1. The zero-order valence-electron chi connectivity index (χ0n) is 9.64. The van der Waals surface area contributed by atoms with Crippen molar-refractivity contribution in [3.8, 4) is 0 Å². The summed E-state index contributed by atoms with van der Waals surface area (Å²) in [5.74, 6) is -0.0143. The fraction of sp³-hybridized carbons (Fsp3) is 0.182. The summed E-state index contributed by atoms with van der Waals surface area (Å²) >= 11 is 5.73. The number of aromatic nitrogens is 3. The maximum absolute atomic E-state index is 13.2. The zero-order chi connectivity index (χ0) is 13.1. The number of rotatable bonds is 3. The molecule has 2 N–H and O–H groups in total. The lowest BCUT2D eigenvalue weighted by molar-refractivity contribution is 0.627. The lowest BCUT2D eigenvalue weighted by atomic mass is 10.3. The van der Waals surface area contributed by atoms with Crippen molar-refractivity contribution in [2.45, 2.75) is 6.92 Å². The van der Waals surface area contributed by atoms with Crippen molar-refractivity contribution in [2.75, 3.05) is 17.2 Å². The van der Waals surface area contributed by atoms with Crippen molar-refractivity contribution in [1.82, 2.24) is 15.0 Å². The Bertz CT molecular complexity index is 543. The standard InChI is InChI=1S/C11H11ClFN5/c1-2-18(8-5-3-4-7(13)6-8)11-16-9(12)15-10(14)17-11/h3-6H,2H2,1H3,(H2,14,15,16,17). The van der Waals surface area contributed by atoms with Crippen LogP contribution in [0, 0.1) is 5.82 Å². The number of nitrogens with zero attached hydrogens (tertiary/aromatic N) is 4. The Morgan fingerprint density at radius 2 is 2.11 bits per heavy atom. The van der Waals surface area contributed by atoms with Crippen molar-refractivity contribution < 1.29 is 4.39 Å². The Labute approximate surface area is 108 Å². The Morgan fingerprint density at radius 1 is 1.33 bits per heavy atom. The summed E-state index contributed by atoms with van der Waals surface area (Å²) in [5.41, 5.74) is 6.14. The largest absolute Gasteiger partial charge is 0.368 e. The average Bonchev–Trinajstić information content (AvgIpc) is 2.28. The summed E-state index contributed by atoms with van der Waals surface area (Å²) in [7, 11) is 0. The van der Waals surface area contributed by atoms with Crippen LogP contribution in [0.15, 0.2) is 24.3 Å². The van der Waals surface area contributed by atoms with E-state index in [0.29, 0.717) is 18.2 Å². The predicted octanol–water partition coefficient (Wildman–Crippen LogP) is 2.40. The second-order valence-electron chi connectivity index (χ2n) is 3.49. The summed E-state index contributed by atoms with van der Waals surface area (Å²) in [5, 5.41) is 0.00681. The fourth-order valence-corrected chi connectivity index (χ4v) is 1.72. The molecule has 2 aromatic rings. The van der Waals surface area contributed by atoms with Gasteiger partial charge in [0.15, 0.2) is 0 Å². The van der Waals surface area contributed by atoms with E-state index < -0.39 is 0 Å². The summed E-state index contributed by atoms with van der Waals surface area (Å²) in [6, 6.07) is 6.11. The smallest absolute Gasteiger partial charge is 0.236 e. The molecule has 0 aliphatic heterocycles. The van der Waals surface area contributed by atoms with E-state index in [9.17, 15) is 4.39 Å². The highest BCUT2D eigenvalue weighted by molar-refractivity contribution is 6.28. The number of nitrogen functional groups attached to an aromatic ring is 1. The van der Waals surface area contributed by atoms with Gasteiger partial charge in [0.05, 0.1) is 0 Å². The summed E-state index contributed by atoms with van der Waals surface area (Å²) in [4.78, 5) is 13.3. The summed E-state index contributed by atoms with van der Waals surface area (Å²) < 4.78 is 13.2. The van der Waals surface area contributed by atoms with Gasteiger partial charge in [-0.3, -0.25) is 0 Å². The summed E-state index contributed by atoms with van der Waals surface area (Å²) in [6.07, 6.45) is 0. The molecule has 1 aromatic carbocycles. The first kappa shape index (κ1) is 12.5. The molecule has 1 aromatic heterocycles. The second-order valence-corrected chi connectivity index (χ2v) is 3.82. The minimum absolute atomic E-state index is 0.00681. The zero-order valence-corrected chi connectivity index (χ0v) is 10.4. The number of halogens is 2. The van der Waals surface area contributed by atoms with Gasteiger partial charge in [-0.2, -0.15) is 15.0 Å². The first-order valence-electron chi connectivity index (χ1n) is 5.30. The molecule has 0 aliphatic carbocycles. The van der Waals surface area contributed by atoms with Crippen LogP contribution in [0.5, 0.6) is 0 Å². The van der Waals surface area contributed by atoms with Gasteiger partial charge in [-0.15, -0.1) is 0 Å². The number of hydrogen-bond acceptors (Lipinski definition) is 5. The van der Waals surface area contributed by atoms with E-state index in [1.54, 1.807) is 17.0 Å². The highest BCUT2D eigenvalue weighted by atomic mass is 35.5. The Hall–Kier alpha value is -1.95. The van der Waals surface area contributed by atoms with E-state index in [1.807, 2.05) is 6.92 Å². The van der Waals surface area contributed by atoms with Gasteiger partial charge in [-0.05, 0) is 36.7 Å². The first-order valence-corrected chi connectivity index (χ1v) is 5.68. The Kier molecular flexibility index (Phi) is 3.57. The van der Waals surface area contributed by atoms with E-state index in [4.69, 9.17) is 17.3 Å². The topological polar surface area (TPSA) is 67.9 Å². The average molecular weight is 268 g/mol. The number of hydrogen-bond donors (Lipinski definition) is 1. The van der Waals surface area contributed by atoms with Crippen molar-refractivity contribution >= 4 is 29.2 Å². The lowest BCUT2D eigenvalue weighted by Gasteiger charge is -2.20. The van der Waals surface area contributed by atoms with Crippen LogP contribution >= 0.6 is 11.6 Å². The molecule has 0 radical (unpaired) electrons. The Balaban J connectivity index is 2.45. The van der Waals surface area contributed by atoms with Gasteiger partial charge < -0.3 is 10.6 Å². The maximum atomic E-state index is 13.2. The third-order valence-electron chi connectivity index (χ3n) is 2.29.